The van der Waals surface area contributed by atoms with Gasteiger partial charge in [-0.1, -0.05) is 10.5 Å². The molecule has 1 amide bonds. The van der Waals surface area contributed by atoms with Crippen LogP contribution >= 0.6 is 0 Å². The summed E-state index contributed by atoms with van der Waals surface area (Å²) in [6, 6.07) is 12.1. The molecule has 10 nitrogen and oxygen atoms in total. The molecule has 1 aliphatic rings. The van der Waals surface area contributed by atoms with Crippen molar-refractivity contribution in [2.24, 2.45) is 0 Å². The van der Waals surface area contributed by atoms with Crippen LogP contribution in [0.2, 0.25) is 0 Å². The second kappa shape index (κ2) is 8.78. The molecule has 2 aromatic carbocycles. The number of hydrogen-bond acceptors (Lipinski definition) is 7. The summed E-state index contributed by atoms with van der Waals surface area (Å²) in [5.41, 5.74) is 1.16. The van der Waals surface area contributed by atoms with Gasteiger partial charge in [-0.2, -0.15) is 0 Å². The largest absolute Gasteiger partial charge is 0.368 e. The maximum absolute atomic E-state index is 12.8. The number of piperazine rings is 1. The van der Waals surface area contributed by atoms with Crippen molar-refractivity contribution in [3.05, 3.63) is 64.2 Å². The first-order valence-corrected chi connectivity index (χ1v) is 10.6. The highest BCUT2D eigenvalue weighted by Crippen LogP contribution is 2.23. The average Bonchev–Trinajstić information content (AvgIpc) is 2.78. The molecule has 11 heteroatoms. The molecule has 1 fully saturated rings. The molecule has 0 aliphatic carbocycles. The second-order valence-electron chi connectivity index (χ2n) is 6.68. The minimum absolute atomic E-state index is 0.0268. The lowest BCUT2D eigenvalue weighted by Crippen LogP contribution is -2.48. The first-order valence-electron chi connectivity index (χ1n) is 9.16. The van der Waals surface area contributed by atoms with Crippen molar-refractivity contribution in [2.75, 3.05) is 45.2 Å². The Morgan fingerprint density at radius 1 is 1.10 bits per heavy atom. The van der Waals surface area contributed by atoms with Crippen LogP contribution in [0.5, 0.6) is 0 Å². The van der Waals surface area contributed by atoms with Crippen LogP contribution in [0.3, 0.4) is 0 Å². The van der Waals surface area contributed by atoms with Gasteiger partial charge < -0.3 is 9.80 Å². The predicted molar refractivity (Wildman–Crippen MR) is 110 cm³/mol. The Kier molecular flexibility index (Phi) is 6.34. The molecule has 30 heavy (non-hydrogen) atoms. The number of carbonyl (C=O) groups is 1. The smallest absolute Gasteiger partial charge is 0.271 e. The SMILES string of the molecule is CON(C)S(=O)(=O)c1ccc(C(=O)N2CCN(c3cccc([N+](=O)[O-])c3)CC2)cc1. The van der Waals surface area contributed by atoms with Crippen molar-refractivity contribution in [3.63, 3.8) is 0 Å². The Labute approximate surface area is 174 Å². The molecule has 0 saturated carbocycles. The first kappa shape index (κ1) is 21.7. The molecule has 0 radical (unpaired) electrons. The van der Waals surface area contributed by atoms with Gasteiger partial charge in [0.1, 0.15) is 0 Å². The van der Waals surface area contributed by atoms with E-state index in [1.54, 1.807) is 17.0 Å². The molecule has 0 atom stereocenters. The van der Waals surface area contributed by atoms with Gasteiger partial charge in [0.2, 0.25) is 0 Å². The molecule has 0 unspecified atom stereocenters. The van der Waals surface area contributed by atoms with Gasteiger partial charge in [-0.05, 0) is 30.3 Å². The zero-order valence-corrected chi connectivity index (χ0v) is 17.4. The molecule has 0 N–H and O–H groups in total. The maximum Gasteiger partial charge on any atom is 0.271 e. The molecular weight excluding hydrogens is 412 g/mol. The number of hydrogen-bond donors (Lipinski definition) is 0. The van der Waals surface area contributed by atoms with Gasteiger partial charge in [-0.15, -0.1) is 0 Å². The van der Waals surface area contributed by atoms with Crippen molar-refractivity contribution in [2.45, 2.75) is 4.90 Å². The zero-order chi connectivity index (χ0) is 21.9. The Hall–Kier alpha value is -3.02. The molecular formula is C19H22N4O6S. The normalized spacial score (nSPS) is 14.8. The lowest BCUT2D eigenvalue weighted by atomic mass is 10.1. The Bertz CT molecular complexity index is 1030. The number of amides is 1. The van der Waals surface area contributed by atoms with E-state index in [4.69, 9.17) is 4.84 Å². The van der Waals surface area contributed by atoms with Crippen LogP contribution in [0.1, 0.15) is 10.4 Å². The maximum atomic E-state index is 12.8. The van der Waals surface area contributed by atoms with Crippen LogP contribution in [0.25, 0.3) is 0 Å². The number of rotatable bonds is 6. The number of nitrogens with zero attached hydrogens (tertiary/aromatic N) is 4. The molecule has 1 aliphatic heterocycles. The Balaban J connectivity index is 1.65. The molecule has 2 aromatic rings. The fraction of sp³-hybridized carbons (Fsp3) is 0.316. The van der Waals surface area contributed by atoms with Gasteiger partial charge in [-0.25, -0.2) is 8.42 Å². The van der Waals surface area contributed by atoms with Crippen LogP contribution < -0.4 is 4.90 Å². The van der Waals surface area contributed by atoms with Gasteiger partial charge >= 0.3 is 0 Å². The standard InChI is InChI=1S/C19H22N4O6S/c1-20(29-2)30(27,28)18-8-6-15(7-9-18)19(24)22-12-10-21(11-13-22)16-4-3-5-17(14-16)23(25)26/h3-9,14H,10-13H2,1-2H3. The lowest BCUT2D eigenvalue weighted by molar-refractivity contribution is -0.384. The van der Waals surface area contributed by atoms with Crippen LogP contribution in [0.4, 0.5) is 11.4 Å². The van der Waals surface area contributed by atoms with Gasteiger partial charge in [0, 0.05) is 56.6 Å². The summed E-state index contributed by atoms with van der Waals surface area (Å²) < 4.78 is 25.2. The number of sulfonamides is 1. The zero-order valence-electron chi connectivity index (χ0n) is 16.6. The van der Waals surface area contributed by atoms with Gasteiger partial charge in [-0.3, -0.25) is 19.7 Å². The van der Waals surface area contributed by atoms with Crippen LogP contribution in [-0.4, -0.2) is 69.0 Å². The fourth-order valence-electron chi connectivity index (χ4n) is 3.17. The minimum Gasteiger partial charge on any atom is -0.368 e. The quantitative estimate of drug-likeness (QED) is 0.503. The van der Waals surface area contributed by atoms with E-state index >= 15 is 0 Å². The number of anilines is 1. The van der Waals surface area contributed by atoms with Crippen LogP contribution in [0.15, 0.2) is 53.4 Å². The monoisotopic (exact) mass is 434 g/mol. The topological polar surface area (TPSA) is 113 Å². The Morgan fingerprint density at radius 3 is 2.30 bits per heavy atom. The van der Waals surface area contributed by atoms with Gasteiger partial charge in [0.15, 0.2) is 0 Å². The number of carbonyl (C=O) groups excluding carboxylic acids is 1. The molecule has 160 valence electrons. The van der Waals surface area contributed by atoms with E-state index in [0.717, 1.165) is 10.2 Å². The van der Waals surface area contributed by atoms with E-state index in [1.807, 2.05) is 4.90 Å². The summed E-state index contributed by atoms with van der Waals surface area (Å²) in [6.07, 6.45) is 0. The number of nitro groups is 1. The summed E-state index contributed by atoms with van der Waals surface area (Å²) in [5.74, 6) is -0.197. The highest BCUT2D eigenvalue weighted by atomic mass is 32.2. The van der Waals surface area contributed by atoms with Crippen molar-refractivity contribution in [1.29, 1.82) is 0 Å². The van der Waals surface area contributed by atoms with Crippen LogP contribution in [-0.2, 0) is 14.9 Å². The minimum atomic E-state index is -3.77. The van der Waals surface area contributed by atoms with E-state index in [2.05, 4.69) is 0 Å². The molecule has 1 saturated heterocycles. The van der Waals surface area contributed by atoms with Crippen molar-refractivity contribution in [3.8, 4) is 0 Å². The van der Waals surface area contributed by atoms with Crippen molar-refractivity contribution in [1.82, 2.24) is 9.37 Å². The van der Waals surface area contributed by atoms with Gasteiger partial charge in [0.05, 0.1) is 16.9 Å². The molecule has 0 bridgehead atoms. The number of non-ortho nitro benzene ring substituents is 1. The van der Waals surface area contributed by atoms with E-state index < -0.39 is 14.9 Å². The van der Waals surface area contributed by atoms with E-state index in [9.17, 15) is 23.3 Å². The number of hydroxylamine groups is 1. The first-order chi connectivity index (χ1) is 14.2. The van der Waals surface area contributed by atoms with Gasteiger partial charge in [0.25, 0.3) is 21.6 Å². The van der Waals surface area contributed by atoms with E-state index in [1.165, 1.54) is 50.6 Å². The van der Waals surface area contributed by atoms with Crippen molar-refractivity contribution >= 4 is 27.3 Å². The molecule has 0 aromatic heterocycles. The third-order valence-electron chi connectivity index (χ3n) is 4.97. The fourth-order valence-corrected chi connectivity index (χ4v) is 4.14. The molecule has 3 rings (SSSR count). The summed E-state index contributed by atoms with van der Waals surface area (Å²) in [7, 11) is -1.23. The number of benzene rings is 2. The highest BCUT2D eigenvalue weighted by Gasteiger charge is 2.25. The molecule has 1 heterocycles. The van der Waals surface area contributed by atoms with Crippen molar-refractivity contribution < 1.29 is 23.0 Å². The predicted octanol–water partition coefficient (Wildman–Crippen LogP) is 1.74. The summed E-state index contributed by atoms with van der Waals surface area (Å²) in [4.78, 5) is 31.7. The van der Waals surface area contributed by atoms with E-state index in [0.29, 0.717) is 31.7 Å². The third-order valence-corrected chi connectivity index (χ3v) is 6.66. The van der Waals surface area contributed by atoms with E-state index in [-0.39, 0.29) is 16.5 Å². The summed E-state index contributed by atoms with van der Waals surface area (Å²) >= 11 is 0. The third kappa shape index (κ3) is 4.42. The second-order valence-corrected chi connectivity index (χ2v) is 8.61. The number of nitro benzene ring substituents is 1. The lowest BCUT2D eigenvalue weighted by Gasteiger charge is -2.36. The summed E-state index contributed by atoms with van der Waals surface area (Å²) in [5, 5.41) is 11.0. The average molecular weight is 434 g/mol. The highest BCUT2D eigenvalue weighted by molar-refractivity contribution is 7.89. The summed E-state index contributed by atoms with van der Waals surface area (Å²) in [6.45, 7) is 1.98. The molecule has 0 spiro atoms. The Morgan fingerprint density at radius 2 is 1.73 bits per heavy atom. The van der Waals surface area contributed by atoms with Crippen LogP contribution in [0, 0.1) is 10.1 Å².